The molecule has 1 unspecified atom stereocenters. The highest BCUT2D eigenvalue weighted by atomic mass is 16.1. The topological polar surface area (TPSA) is 30.0 Å². The third-order valence-electron chi connectivity index (χ3n) is 3.17. The molecule has 0 amide bonds. The van der Waals surface area contributed by atoms with Crippen molar-refractivity contribution in [2.45, 2.75) is 26.7 Å². The minimum atomic E-state index is 0.128. The Morgan fingerprint density at radius 3 is 2.76 bits per heavy atom. The van der Waals surface area contributed by atoms with Crippen LogP contribution >= 0.6 is 0 Å². The summed E-state index contributed by atoms with van der Waals surface area (Å²) in [7, 11) is 0. The Bertz CT molecular complexity index is 533. The van der Waals surface area contributed by atoms with E-state index in [0.717, 1.165) is 23.0 Å². The van der Waals surface area contributed by atoms with Crippen LogP contribution in [0.1, 0.15) is 26.0 Å². The predicted molar refractivity (Wildman–Crippen MR) is 69.9 cm³/mol. The van der Waals surface area contributed by atoms with Crippen molar-refractivity contribution in [3.05, 3.63) is 42.1 Å². The summed E-state index contributed by atoms with van der Waals surface area (Å²) in [5.74, 6) is 0.401. The molecule has 0 bridgehead atoms. The van der Waals surface area contributed by atoms with Crippen molar-refractivity contribution in [2.24, 2.45) is 5.92 Å². The van der Waals surface area contributed by atoms with E-state index in [4.69, 9.17) is 0 Å². The number of para-hydroxylation sites is 1. The number of nitrogens with zero attached hydrogens (tertiary/aromatic N) is 1. The van der Waals surface area contributed by atoms with Crippen molar-refractivity contribution in [2.75, 3.05) is 0 Å². The smallest absolute Gasteiger partial charge is 0.141 e. The molecule has 1 heterocycles. The van der Waals surface area contributed by atoms with Gasteiger partial charge in [-0.05, 0) is 18.6 Å². The summed E-state index contributed by atoms with van der Waals surface area (Å²) in [6.07, 6.45) is 1.34. The SMILES string of the molecule is CCC(C)C(=O)Cc1ccc2ccccc2n1. The van der Waals surface area contributed by atoms with Gasteiger partial charge < -0.3 is 0 Å². The van der Waals surface area contributed by atoms with Gasteiger partial charge in [0.15, 0.2) is 0 Å². The maximum Gasteiger partial charge on any atom is 0.141 e. The minimum absolute atomic E-state index is 0.128. The van der Waals surface area contributed by atoms with Crippen LogP contribution in [0, 0.1) is 5.92 Å². The van der Waals surface area contributed by atoms with Gasteiger partial charge in [0, 0.05) is 23.4 Å². The molecule has 2 rings (SSSR count). The van der Waals surface area contributed by atoms with Gasteiger partial charge in [0.25, 0.3) is 0 Å². The summed E-state index contributed by atoms with van der Waals surface area (Å²) < 4.78 is 0. The predicted octanol–water partition coefficient (Wildman–Crippen LogP) is 3.39. The van der Waals surface area contributed by atoms with Crippen LogP contribution in [0.4, 0.5) is 0 Å². The Morgan fingerprint density at radius 1 is 1.24 bits per heavy atom. The number of hydrogen-bond donors (Lipinski definition) is 0. The van der Waals surface area contributed by atoms with Crippen LogP contribution in [-0.2, 0) is 11.2 Å². The van der Waals surface area contributed by atoms with E-state index < -0.39 is 0 Å². The summed E-state index contributed by atoms with van der Waals surface area (Å²) in [4.78, 5) is 16.4. The van der Waals surface area contributed by atoms with Crippen LogP contribution in [-0.4, -0.2) is 10.8 Å². The molecule has 0 saturated heterocycles. The molecule has 17 heavy (non-hydrogen) atoms. The number of ketones is 1. The van der Waals surface area contributed by atoms with Crippen molar-refractivity contribution in [3.8, 4) is 0 Å². The van der Waals surface area contributed by atoms with E-state index in [1.54, 1.807) is 0 Å². The van der Waals surface area contributed by atoms with Gasteiger partial charge >= 0.3 is 0 Å². The number of aromatic nitrogens is 1. The van der Waals surface area contributed by atoms with E-state index in [9.17, 15) is 4.79 Å². The zero-order chi connectivity index (χ0) is 12.3. The fourth-order valence-corrected chi connectivity index (χ4v) is 1.79. The normalized spacial score (nSPS) is 12.6. The molecule has 2 nitrogen and oxygen atoms in total. The van der Waals surface area contributed by atoms with Gasteiger partial charge in [0.2, 0.25) is 0 Å². The molecule has 0 radical (unpaired) electrons. The fourth-order valence-electron chi connectivity index (χ4n) is 1.79. The summed E-state index contributed by atoms with van der Waals surface area (Å²) in [6, 6.07) is 11.9. The lowest BCUT2D eigenvalue weighted by Gasteiger charge is -2.07. The maximum absolute atomic E-state index is 11.8. The number of carbonyl (C=O) groups excluding carboxylic acids is 1. The first-order valence-corrected chi connectivity index (χ1v) is 6.08. The van der Waals surface area contributed by atoms with E-state index in [0.29, 0.717) is 6.42 Å². The maximum atomic E-state index is 11.8. The highest BCUT2D eigenvalue weighted by molar-refractivity contribution is 5.84. The summed E-state index contributed by atoms with van der Waals surface area (Å²) in [5, 5.41) is 1.12. The molecular weight excluding hydrogens is 210 g/mol. The van der Waals surface area contributed by atoms with Crippen LogP contribution in [0.15, 0.2) is 36.4 Å². The van der Waals surface area contributed by atoms with Gasteiger partial charge in [0.05, 0.1) is 5.52 Å². The standard InChI is InChI=1S/C15H17NO/c1-3-11(2)15(17)10-13-9-8-12-6-4-5-7-14(12)16-13/h4-9,11H,3,10H2,1-2H3. The van der Waals surface area contributed by atoms with Gasteiger partial charge in [-0.25, -0.2) is 0 Å². The Kier molecular flexibility index (Phi) is 3.52. The van der Waals surface area contributed by atoms with Gasteiger partial charge in [-0.2, -0.15) is 0 Å². The monoisotopic (exact) mass is 227 g/mol. The third-order valence-corrected chi connectivity index (χ3v) is 3.17. The molecule has 2 heteroatoms. The van der Waals surface area contributed by atoms with E-state index in [1.165, 1.54) is 0 Å². The van der Waals surface area contributed by atoms with Gasteiger partial charge in [-0.15, -0.1) is 0 Å². The van der Waals surface area contributed by atoms with Crippen molar-refractivity contribution in [1.82, 2.24) is 4.98 Å². The quantitative estimate of drug-likeness (QED) is 0.801. The molecule has 0 fully saturated rings. The molecule has 0 saturated carbocycles. The van der Waals surface area contributed by atoms with E-state index in [2.05, 4.69) is 4.98 Å². The average molecular weight is 227 g/mol. The molecular formula is C15H17NO. The Morgan fingerprint density at radius 2 is 2.00 bits per heavy atom. The van der Waals surface area contributed by atoms with Crippen molar-refractivity contribution in [1.29, 1.82) is 0 Å². The second kappa shape index (κ2) is 5.09. The number of fused-ring (bicyclic) bond motifs is 1. The lowest BCUT2D eigenvalue weighted by molar-refractivity contribution is -0.121. The number of carbonyl (C=O) groups is 1. The number of hydrogen-bond acceptors (Lipinski definition) is 2. The Hall–Kier alpha value is -1.70. The van der Waals surface area contributed by atoms with E-state index in [-0.39, 0.29) is 11.7 Å². The molecule has 0 spiro atoms. The molecule has 1 aromatic carbocycles. The molecule has 1 aromatic heterocycles. The second-order valence-electron chi connectivity index (χ2n) is 4.45. The van der Waals surface area contributed by atoms with Gasteiger partial charge in [-0.1, -0.05) is 38.1 Å². The molecule has 0 aliphatic heterocycles. The highest BCUT2D eigenvalue weighted by Crippen LogP contribution is 2.13. The van der Waals surface area contributed by atoms with Crippen molar-refractivity contribution < 1.29 is 4.79 Å². The average Bonchev–Trinajstić information content (AvgIpc) is 2.37. The summed E-state index contributed by atoms with van der Waals surface area (Å²) >= 11 is 0. The van der Waals surface area contributed by atoms with Crippen LogP contribution in [0.25, 0.3) is 10.9 Å². The Labute approximate surface area is 102 Å². The van der Waals surface area contributed by atoms with Crippen molar-refractivity contribution >= 4 is 16.7 Å². The van der Waals surface area contributed by atoms with Gasteiger partial charge in [-0.3, -0.25) is 9.78 Å². The minimum Gasteiger partial charge on any atom is -0.299 e. The first-order chi connectivity index (χ1) is 8.20. The van der Waals surface area contributed by atoms with Crippen LogP contribution in [0.2, 0.25) is 0 Å². The molecule has 2 aromatic rings. The zero-order valence-corrected chi connectivity index (χ0v) is 10.3. The first kappa shape index (κ1) is 11.8. The molecule has 0 N–H and O–H groups in total. The third kappa shape index (κ3) is 2.70. The lowest BCUT2D eigenvalue weighted by Crippen LogP contribution is -2.13. The summed E-state index contributed by atoms with van der Waals surface area (Å²) in [6.45, 7) is 4.01. The summed E-state index contributed by atoms with van der Waals surface area (Å²) in [5.41, 5.74) is 1.83. The lowest BCUT2D eigenvalue weighted by atomic mass is 9.99. The van der Waals surface area contributed by atoms with Crippen LogP contribution in [0.3, 0.4) is 0 Å². The van der Waals surface area contributed by atoms with E-state index in [1.807, 2.05) is 50.2 Å². The first-order valence-electron chi connectivity index (χ1n) is 6.08. The number of Topliss-reactive ketones (excluding diaryl/α,β-unsaturated/α-hetero) is 1. The Balaban J connectivity index is 2.22. The molecule has 0 aliphatic rings. The molecule has 88 valence electrons. The van der Waals surface area contributed by atoms with E-state index >= 15 is 0 Å². The van der Waals surface area contributed by atoms with Crippen LogP contribution < -0.4 is 0 Å². The fraction of sp³-hybridized carbons (Fsp3) is 0.333. The highest BCUT2D eigenvalue weighted by Gasteiger charge is 2.12. The zero-order valence-electron chi connectivity index (χ0n) is 10.3. The number of benzene rings is 1. The van der Waals surface area contributed by atoms with Crippen LogP contribution in [0.5, 0.6) is 0 Å². The largest absolute Gasteiger partial charge is 0.299 e. The molecule has 1 atom stereocenters. The second-order valence-corrected chi connectivity index (χ2v) is 4.45. The number of pyridine rings is 1. The molecule has 0 aliphatic carbocycles. The van der Waals surface area contributed by atoms with Crippen molar-refractivity contribution in [3.63, 3.8) is 0 Å². The van der Waals surface area contributed by atoms with Gasteiger partial charge in [0.1, 0.15) is 5.78 Å². The number of rotatable bonds is 4.